The van der Waals surface area contributed by atoms with E-state index < -0.39 is 116 Å². The number of hydrogen-bond donors (Lipinski definition) is 3. The molecule has 0 saturated carbocycles. The first kappa shape index (κ1) is 63.0. The van der Waals surface area contributed by atoms with Crippen molar-refractivity contribution in [1.82, 2.24) is 20.4 Å². The number of carbonyl (C=O) groups excluding carboxylic acids is 2. The summed E-state index contributed by atoms with van der Waals surface area (Å²) in [6, 6.07) is 0. The van der Waals surface area contributed by atoms with Crippen LogP contribution in [0.3, 0.4) is 0 Å². The van der Waals surface area contributed by atoms with Gasteiger partial charge in [-0.1, -0.05) is 41.0 Å². The van der Waals surface area contributed by atoms with Crippen LogP contribution in [0.4, 0.5) is 114 Å². The molecule has 384 valence electrons. The Morgan fingerprint density at radius 3 is 1.18 bits per heavy atom. The number of alkyl halides is 26. The first-order valence-electron chi connectivity index (χ1n) is 15.4. The second-order valence-corrected chi connectivity index (χ2v) is 16.9. The molecule has 0 spiro atoms. The number of aromatic nitrogens is 4. The molecule has 2 rings (SSSR count). The molecule has 3 N–H and O–H groups in total. The molecule has 2 aromatic heterocycles. The molecule has 0 unspecified atom stereocenters. The lowest BCUT2D eigenvalue weighted by molar-refractivity contribution is -0.440. The monoisotopic (exact) mass is 1140 g/mol. The summed E-state index contributed by atoms with van der Waals surface area (Å²) in [5.74, 6) is -77.4. The van der Waals surface area contributed by atoms with E-state index in [1.54, 1.807) is 0 Å². The van der Waals surface area contributed by atoms with Gasteiger partial charge in [0, 0.05) is 11.8 Å². The van der Waals surface area contributed by atoms with Gasteiger partial charge in [0.25, 0.3) is 0 Å². The zero-order valence-corrected chi connectivity index (χ0v) is 35.3. The summed E-state index contributed by atoms with van der Waals surface area (Å²) in [6.07, 6.45) is -20.4. The van der Waals surface area contributed by atoms with Crippen molar-refractivity contribution in [2.75, 3.05) is 19.0 Å². The number of H-pyrrole nitrogens is 3. The molecule has 0 amide bonds. The van der Waals surface area contributed by atoms with Crippen LogP contribution in [0.15, 0.2) is 17.0 Å². The number of rotatable bonds is 19. The minimum atomic E-state index is -7.96. The fourth-order valence-electron chi connectivity index (χ4n) is 3.36. The van der Waals surface area contributed by atoms with E-state index in [4.69, 9.17) is 36.7 Å². The number of aromatic amines is 3. The van der Waals surface area contributed by atoms with Crippen LogP contribution < -0.4 is 0 Å². The van der Waals surface area contributed by atoms with Crippen LogP contribution in [-0.4, -0.2) is 123 Å². The highest BCUT2D eigenvalue weighted by molar-refractivity contribution is 8.01. The zero-order chi connectivity index (χ0) is 52.8. The molecular weight excluding hydrogens is 1120 g/mol. The highest BCUT2D eigenvalue weighted by Gasteiger charge is 2.92. The molecule has 2 heterocycles. The van der Waals surface area contributed by atoms with E-state index in [1.165, 1.54) is 11.3 Å². The molecule has 40 heteroatoms. The quantitative estimate of drug-likeness (QED) is 0.0416. The van der Waals surface area contributed by atoms with Gasteiger partial charge in [0.1, 0.15) is 0 Å². The summed E-state index contributed by atoms with van der Waals surface area (Å²) < 4.78 is 343. The number of halogens is 26. The Kier molecular flexibility index (Phi) is 20.7. The Bertz CT molecular complexity index is 2080. The first-order valence-corrected chi connectivity index (χ1v) is 19.3. The fourth-order valence-corrected chi connectivity index (χ4v) is 6.56. The van der Waals surface area contributed by atoms with Crippen molar-refractivity contribution < 1.29 is 133 Å². The second kappa shape index (κ2) is 21.7. The lowest BCUT2D eigenvalue weighted by Crippen LogP contribution is -2.70. The Balaban J connectivity index is 0.00000113. The normalized spacial score (nSPS) is 14.1. The summed E-state index contributed by atoms with van der Waals surface area (Å²) in [5.41, 5.74) is 0. The highest BCUT2D eigenvalue weighted by Crippen LogP contribution is 2.62. The molecule has 0 aliphatic carbocycles. The predicted molar refractivity (Wildman–Crippen MR) is 180 cm³/mol. The number of ether oxygens (including phenoxy) is 2. The van der Waals surface area contributed by atoms with Crippen molar-refractivity contribution in [2.45, 2.75) is 95.2 Å². The van der Waals surface area contributed by atoms with Crippen LogP contribution in [0, 0.1) is 11.9 Å². The third-order valence-electron chi connectivity index (χ3n) is 6.91. The van der Waals surface area contributed by atoms with Crippen LogP contribution in [0.2, 0.25) is 0 Å². The van der Waals surface area contributed by atoms with Gasteiger partial charge < -0.3 is 9.47 Å². The van der Waals surface area contributed by atoms with Gasteiger partial charge in [-0.2, -0.15) is 119 Å². The van der Waals surface area contributed by atoms with E-state index in [0.29, 0.717) is 18.3 Å². The predicted octanol–water partition coefficient (Wildman–Crippen LogP) is 13.1. The first-order chi connectivity index (χ1) is 29.1. The number of nitrogens with one attached hydrogen (secondary N) is 3. The number of esters is 2. The average molecular weight is 1140 g/mol. The Hall–Kier alpha value is -3.01. The molecule has 8 nitrogen and oxygen atoms in total. The van der Waals surface area contributed by atoms with Crippen molar-refractivity contribution in [1.29, 1.82) is 0 Å². The van der Waals surface area contributed by atoms with E-state index in [-0.39, 0.29) is 9.71 Å². The van der Waals surface area contributed by atoms with Crippen LogP contribution in [0.5, 0.6) is 0 Å². The standard InChI is InChI=1S/C13H9F13N2O2S3.C11H7F13O2.C2H2N2S3/c14-8(15,2-3-30-5(29)1-4-32-7-28-27-6(31)33-7)9(16,17)10(18,19)11(20,21)12(22,23)13(24,25)26;1-2-5(25)26-4-3-6(12,13)7(14,15)8(16,17)9(18,19)10(20,21)11(22,23)24;5-1-3-4-2(6)7-1/h1-4H2,(H,27,31);2H,1,3-4H2;(H,3,5)(H,4,6). The zero-order valence-electron chi connectivity index (χ0n) is 30.4. The van der Waals surface area contributed by atoms with Gasteiger partial charge in [0.2, 0.25) is 0 Å². The van der Waals surface area contributed by atoms with Gasteiger partial charge in [0.15, 0.2) is 16.2 Å². The van der Waals surface area contributed by atoms with Crippen LogP contribution in [0.1, 0.15) is 19.3 Å². The minimum absolute atomic E-state index is 0.0989. The van der Waals surface area contributed by atoms with Crippen LogP contribution >= 0.6 is 71.1 Å². The fraction of sp³-hybridized carbons (Fsp3) is 0.692. The lowest BCUT2D eigenvalue weighted by atomic mass is 9.93. The SMILES string of the molecule is C=CC(=O)OCCC(F)(F)C(F)(F)C(F)(F)C(F)(F)C(F)(F)C(F)(F)F.O=C(CCSc1n[nH]c(=S)s1)OCCC(F)(F)C(F)(F)C(F)(F)C(F)(F)C(F)(F)C(F)(F)F.S=c1[nH][nH]c(=S)s1. The molecule has 0 radical (unpaired) electrons. The van der Waals surface area contributed by atoms with Crippen LogP contribution in [-0.2, 0) is 19.1 Å². The molecule has 0 fully saturated rings. The van der Waals surface area contributed by atoms with Gasteiger partial charge in [-0.15, -0.1) is 0 Å². The molecular formula is C26H18F26N4O4S6. The third kappa shape index (κ3) is 13.6. The Morgan fingerprint density at radius 1 is 0.545 bits per heavy atom. The van der Waals surface area contributed by atoms with E-state index in [1.807, 2.05) is 0 Å². The smallest absolute Gasteiger partial charge is 0.460 e. The average Bonchev–Trinajstić information content (AvgIpc) is 3.75. The van der Waals surface area contributed by atoms with Crippen molar-refractivity contribution in [3.05, 3.63) is 24.5 Å². The molecule has 66 heavy (non-hydrogen) atoms. The minimum Gasteiger partial charge on any atom is -0.465 e. The van der Waals surface area contributed by atoms with E-state index in [2.05, 4.69) is 36.4 Å². The number of hydrogen-bond acceptors (Lipinski definition) is 11. The lowest BCUT2D eigenvalue weighted by Gasteiger charge is -2.39. The van der Waals surface area contributed by atoms with E-state index >= 15 is 0 Å². The summed E-state index contributed by atoms with van der Waals surface area (Å²) in [6.45, 7) is -0.833. The van der Waals surface area contributed by atoms with Crippen molar-refractivity contribution in [3.8, 4) is 0 Å². The Morgan fingerprint density at radius 2 is 0.894 bits per heavy atom. The van der Waals surface area contributed by atoms with Crippen LogP contribution in [0.25, 0.3) is 0 Å². The number of carbonyl (C=O) groups is 2. The summed E-state index contributed by atoms with van der Waals surface area (Å²) in [7, 11) is 0. The summed E-state index contributed by atoms with van der Waals surface area (Å²) in [4.78, 5) is 21.8. The number of nitrogens with zero attached hydrogens (tertiary/aromatic N) is 1. The van der Waals surface area contributed by atoms with Gasteiger partial charge >= 0.3 is 83.5 Å². The molecule has 0 saturated heterocycles. The van der Waals surface area contributed by atoms with Gasteiger partial charge in [-0.3, -0.25) is 20.1 Å². The van der Waals surface area contributed by atoms with Crippen molar-refractivity contribution in [3.63, 3.8) is 0 Å². The molecule has 0 atom stereocenters. The summed E-state index contributed by atoms with van der Waals surface area (Å²) in [5, 5.41) is 11.4. The highest BCUT2D eigenvalue weighted by atomic mass is 32.2. The largest absolute Gasteiger partial charge is 0.465 e. The van der Waals surface area contributed by atoms with Crippen molar-refractivity contribution >= 4 is 83.0 Å². The van der Waals surface area contributed by atoms with Gasteiger partial charge in [-0.25, -0.2) is 4.79 Å². The molecule has 0 aliphatic heterocycles. The maximum Gasteiger partial charge on any atom is 0.460 e. The second-order valence-electron chi connectivity index (χ2n) is 11.5. The molecule has 2 aromatic rings. The van der Waals surface area contributed by atoms with Gasteiger partial charge in [0.05, 0.1) is 32.5 Å². The maximum atomic E-state index is 13.5. The molecule has 0 bridgehead atoms. The Labute approximate surface area is 374 Å². The number of thioether (sulfide) groups is 1. The topological polar surface area (TPSA) is 113 Å². The van der Waals surface area contributed by atoms with E-state index in [0.717, 1.165) is 23.1 Å². The summed E-state index contributed by atoms with van der Waals surface area (Å²) >= 11 is 17.4. The molecule has 0 aliphatic rings. The molecule has 0 aromatic carbocycles. The van der Waals surface area contributed by atoms with Gasteiger partial charge in [-0.05, 0) is 36.7 Å². The van der Waals surface area contributed by atoms with Crippen molar-refractivity contribution in [2.24, 2.45) is 0 Å². The third-order valence-corrected chi connectivity index (χ3v) is 10.4. The van der Waals surface area contributed by atoms with E-state index in [9.17, 15) is 124 Å². The maximum absolute atomic E-state index is 13.5.